The Bertz CT molecular complexity index is 561. The van der Waals surface area contributed by atoms with Crippen LogP contribution in [0.15, 0.2) is 29.3 Å². The van der Waals surface area contributed by atoms with Gasteiger partial charge in [-0.05, 0) is 30.5 Å². The summed E-state index contributed by atoms with van der Waals surface area (Å²) in [5, 5.41) is 6.41. The average molecular weight is 364 g/mol. The van der Waals surface area contributed by atoms with E-state index in [1.165, 1.54) is 10.5 Å². The average Bonchev–Trinajstić information content (AvgIpc) is 2.64. The number of rotatable bonds is 11. The number of nitrogens with zero attached hydrogens (tertiary/aromatic N) is 2. The normalized spacial score (nSPS) is 11.2. The predicted octanol–water partition coefficient (Wildman–Crippen LogP) is 1.29. The van der Waals surface area contributed by atoms with E-state index in [2.05, 4.69) is 34.7 Å². The second kappa shape index (κ2) is 13.0. The van der Waals surface area contributed by atoms with Gasteiger partial charge >= 0.3 is 0 Å². The summed E-state index contributed by atoms with van der Waals surface area (Å²) in [6.45, 7) is 4.81. The van der Waals surface area contributed by atoms with Crippen LogP contribution in [-0.4, -0.2) is 70.8 Å². The van der Waals surface area contributed by atoms with Crippen molar-refractivity contribution in [2.45, 2.75) is 19.8 Å². The van der Waals surface area contributed by atoms with E-state index in [1.54, 1.807) is 21.2 Å². The molecule has 7 heteroatoms. The van der Waals surface area contributed by atoms with Gasteiger partial charge in [-0.2, -0.15) is 0 Å². The van der Waals surface area contributed by atoms with E-state index in [9.17, 15) is 4.79 Å². The van der Waals surface area contributed by atoms with Crippen molar-refractivity contribution in [2.24, 2.45) is 4.99 Å². The van der Waals surface area contributed by atoms with Crippen LogP contribution in [0.4, 0.5) is 0 Å². The first kappa shape index (κ1) is 21.8. The molecule has 0 saturated carbocycles. The molecule has 0 aliphatic heterocycles. The third-order valence-electron chi connectivity index (χ3n) is 3.55. The van der Waals surface area contributed by atoms with Crippen LogP contribution in [0.5, 0.6) is 5.75 Å². The number of amides is 1. The van der Waals surface area contributed by atoms with Crippen molar-refractivity contribution in [3.63, 3.8) is 0 Å². The Labute approximate surface area is 156 Å². The molecule has 0 unspecified atom stereocenters. The van der Waals surface area contributed by atoms with E-state index >= 15 is 0 Å². The third kappa shape index (κ3) is 9.27. The van der Waals surface area contributed by atoms with Crippen LogP contribution in [-0.2, 0) is 16.0 Å². The molecule has 1 aromatic rings. The fraction of sp³-hybridized carbons (Fsp3) is 0.579. The fourth-order valence-corrected chi connectivity index (χ4v) is 2.07. The molecule has 2 N–H and O–H groups in total. The Kier molecular flexibility index (Phi) is 10.9. The van der Waals surface area contributed by atoms with Gasteiger partial charge in [0.1, 0.15) is 12.3 Å². The minimum atomic E-state index is -0.0429. The Morgan fingerprint density at radius 1 is 1.19 bits per heavy atom. The number of hydrogen-bond acceptors (Lipinski definition) is 4. The first-order valence-corrected chi connectivity index (χ1v) is 8.99. The highest BCUT2D eigenvalue weighted by atomic mass is 16.5. The van der Waals surface area contributed by atoms with Crippen LogP contribution >= 0.6 is 0 Å². The predicted molar refractivity (Wildman–Crippen MR) is 105 cm³/mol. The number of likely N-dealkylation sites (N-methyl/N-ethyl adjacent to an activating group) is 1. The van der Waals surface area contributed by atoms with E-state index in [0.29, 0.717) is 25.7 Å². The second-order valence-corrected chi connectivity index (χ2v) is 6.05. The van der Waals surface area contributed by atoms with Crippen LogP contribution in [0, 0.1) is 0 Å². The molecule has 0 spiro atoms. The standard InChI is InChI=1S/C19H32N4O3/c1-5-12-26-17-8-6-7-16(14-17)9-10-20-19(21-11-13-25-4)22-15-18(24)23(2)3/h6-8,14H,5,9-13,15H2,1-4H3,(H2,20,21,22). The molecule has 0 heterocycles. The summed E-state index contributed by atoms with van der Waals surface area (Å²) < 4.78 is 10.7. The number of methoxy groups -OCH3 is 1. The molecule has 146 valence electrons. The summed E-state index contributed by atoms with van der Waals surface area (Å²) in [6, 6.07) is 8.11. The molecule has 1 rings (SSSR count). The van der Waals surface area contributed by atoms with Gasteiger partial charge in [0.2, 0.25) is 5.91 Å². The van der Waals surface area contributed by atoms with Gasteiger partial charge in [0.25, 0.3) is 0 Å². The number of ether oxygens (including phenoxy) is 2. The molecule has 0 fully saturated rings. The molecule has 7 nitrogen and oxygen atoms in total. The first-order valence-electron chi connectivity index (χ1n) is 8.99. The van der Waals surface area contributed by atoms with Crippen molar-refractivity contribution < 1.29 is 14.3 Å². The molecule has 0 radical (unpaired) electrons. The van der Waals surface area contributed by atoms with E-state index in [0.717, 1.165) is 25.2 Å². The topological polar surface area (TPSA) is 75.2 Å². The lowest BCUT2D eigenvalue weighted by atomic mass is 10.1. The summed E-state index contributed by atoms with van der Waals surface area (Å²) in [6.07, 6.45) is 1.82. The summed E-state index contributed by atoms with van der Waals surface area (Å²) in [7, 11) is 5.09. The quantitative estimate of drug-likeness (QED) is 0.352. The molecule has 0 saturated heterocycles. The van der Waals surface area contributed by atoms with Crippen molar-refractivity contribution in [1.29, 1.82) is 0 Å². The smallest absolute Gasteiger partial charge is 0.243 e. The highest BCUT2D eigenvalue weighted by Gasteiger charge is 2.05. The van der Waals surface area contributed by atoms with Gasteiger partial charge in [0, 0.05) is 34.3 Å². The minimum absolute atomic E-state index is 0.0429. The molecule has 0 atom stereocenters. The molecule has 0 aromatic heterocycles. The van der Waals surface area contributed by atoms with Crippen LogP contribution in [0.3, 0.4) is 0 Å². The molecule has 0 aliphatic rings. The lowest BCUT2D eigenvalue weighted by Gasteiger charge is -2.14. The van der Waals surface area contributed by atoms with Gasteiger partial charge in [-0.15, -0.1) is 0 Å². The minimum Gasteiger partial charge on any atom is -0.494 e. The Morgan fingerprint density at radius 3 is 2.65 bits per heavy atom. The number of aliphatic imine (C=N–C) groups is 1. The van der Waals surface area contributed by atoms with Crippen molar-refractivity contribution in [2.75, 3.05) is 54.1 Å². The molecular formula is C19H32N4O3. The number of guanidine groups is 1. The van der Waals surface area contributed by atoms with Gasteiger partial charge < -0.3 is 25.0 Å². The van der Waals surface area contributed by atoms with Gasteiger partial charge in [-0.25, -0.2) is 4.99 Å². The second-order valence-electron chi connectivity index (χ2n) is 6.05. The number of carbonyl (C=O) groups is 1. The Balaban J connectivity index is 2.54. The summed E-state index contributed by atoms with van der Waals surface area (Å²) in [5.41, 5.74) is 1.19. The van der Waals surface area contributed by atoms with E-state index in [4.69, 9.17) is 9.47 Å². The van der Waals surface area contributed by atoms with Gasteiger partial charge in [-0.3, -0.25) is 4.79 Å². The van der Waals surface area contributed by atoms with Crippen molar-refractivity contribution in [3.05, 3.63) is 29.8 Å². The van der Waals surface area contributed by atoms with Crippen molar-refractivity contribution >= 4 is 11.9 Å². The maximum Gasteiger partial charge on any atom is 0.243 e. The van der Waals surface area contributed by atoms with Gasteiger partial charge in [0.15, 0.2) is 5.96 Å². The number of nitrogens with one attached hydrogen (secondary N) is 2. The lowest BCUT2D eigenvalue weighted by molar-refractivity contribution is -0.127. The van der Waals surface area contributed by atoms with Crippen LogP contribution in [0.25, 0.3) is 0 Å². The van der Waals surface area contributed by atoms with Crippen LogP contribution < -0.4 is 15.4 Å². The zero-order chi connectivity index (χ0) is 19.2. The fourth-order valence-electron chi connectivity index (χ4n) is 2.07. The molecule has 0 bridgehead atoms. The summed E-state index contributed by atoms with van der Waals surface area (Å²) >= 11 is 0. The SMILES string of the molecule is CCCOc1cccc(CCNC(=NCC(=O)N(C)C)NCCOC)c1. The molecule has 0 aliphatic carbocycles. The van der Waals surface area contributed by atoms with E-state index in [-0.39, 0.29) is 12.5 Å². The molecular weight excluding hydrogens is 332 g/mol. The van der Waals surface area contributed by atoms with Crippen LogP contribution in [0.2, 0.25) is 0 Å². The zero-order valence-corrected chi connectivity index (χ0v) is 16.4. The van der Waals surface area contributed by atoms with Gasteiger partial charge in [0.05, 0.1) is 13.2 Å². The maximum absolute atomic E-state index is 11.7. The van der Waals surface area contributed by atoms with Crippen molar-refractivity contribution in [1.82, 2.24) is 15.5 Å². The molecule has 1 aromatic carbocycles. The Morgan fingerprint density at radius 2 is 1.96 bits per heavy atom. The maximum atomic E-state index is 11.7. The molecule has 1 amide bonds. The van der Waals surface area contributed by atoms with Crippen LogP contribution in [0.1, 0.15) is 18.9 Å². The largest absolute Gasteiger partial charge is 0.494 e. The highest BCUT2D eigenvalue weighted by Crippen LogP contribution is 2.13. The van der Waals surface area contributed by atoms with Crippen molar-refractivity contribution in [3.8, 4) is 5.75 Å². The Hall–Kier alpha value is -2.28. The lowest BCUT2D eigenvalue weighted by Crippen LogP contribution is -2.40. The number of carbonyl (C=O) groups excluding carboxylic acids is 1. The zero-order valence-electron chi connectivity index (χ0n) is 16.4. The van der Waals surface area contributed by atoms with E-state index in [1.807, 2.05) is 12.1 Å². The first-order chi connectivity index (χ1) is 12.6. The number of hydrogen-bond donors (Lipinski definition) is 2. The monoisotopic (exact) mass is 364 g/mol. The summed E-state index contributed by atoms with van der Waals surface area (Å²) in [5.74, 6) is 1.46. The number of benzene rings is 1. The highest BCUT2D eigenvalue weighted by molar-refractivity contribution is 5.84. The molecule has 26 heavy (non-hydrogen) atoms. The van der Waals surface area contributed by atoms with Gasteiger partial charge in [-0.1, -0.05) is 19.1 Å². The summed E-state index contributed by atoms with van der Waals surface area (Å²) in [4.78, 5) is 17.6. The third-order valence-corrected chi connectivity index (χ3v) is 3.55. The van der Waals surface area contributed by atoms with E-state index < -0.39 is 0 Å².